The van der Waals surface area contributed by atoms with Crippen molar-refractivity contribution in [2.45, 2.75) is 74.4 Å². The van der Waals surface area contributed by atoms with Gasteiger partial charge in [0.05, 0.1) is 49.1 Å². The molecule has 0 bridgehead atoms. The molecule has 1 saturated heterocycles. The number of H-pyrrole nitrogens is 1. The first kappa shape index (κ1) is 69.5. The highest BCUT2D eigenvalue weighted by atomic mass is 35.7. The maximum atomic E-state index is 14.3. The van der Waals surface area contributed by atoms with Crippen LogP contribution < -0.4 is 10.5 Å². The topological polar surface area (TPSA) is 341 Å². The molecule has 96 heavy (non-hydrogen) atoms. The Hall–Kier alpha value is -9.28. The Balaban J connectivity index is 0.000000148. The van der Waals surface area contributed by atoms with Gasteiger partial charge in [0.2, 0.25) is 0 Å². The van der Waals surface area contributed by atoms with E-state index in [4.69, 9.17) is 55.3 Å². The van der Waals surface area contributed by atoms with E-state index in [1.807, 2.05) is 4.90 Å². The molecule has 1 aliphatic heterocycles. The number of anilines is 1. The van der Waals surface area contributed by atoms with E-state index in [0.29, 0.717) is 81.2 Å². The highest BCUT2D eigenvalue weighted by Gasteiger charge is 2.28. The molecule has 26 nitrogen and oxygen atoms in total. The van der Waals surface area contributed by atoms with E-state index in [1.54, 1.807) is 100 Å². The molecule has 1 unspecified atom stereocenters. The van der Waals surface area contributed by atoms with Crippen molar-refractivity contribution in [3.8, 4) is 68.7 Å². The van der Waals surface area contributed by atoms with Gasteiger partial charge in [0.25, 0.3) is 23.7 Å². The van der Waals surface area contributed by atoms with Crippen molar-refractivity contribution < 1.29 is 52.3 Å². The average molecular weight is 1450 g/mol. The Morgan fingerprint density at radius 1 is 0.531 bits per heavy atom. The van der Waals surface area contributed by atoms with Gasteiger partial charge < -0.3 is 28.0 Å². The van der Waals surface area contributed by atoms with Gasteiger partial charge in [-0.1, -0.05) is 114 Å². The van der Waals surface area contributed by atoms with Crippen LogP contribution in [0, 0.1) is 17.5 Å². The number of aromatic nitrogens is 15. The SMILES string of the molecule is C1CCCC1.O=S(=O)(Cl)c1cnc(-c2cc(-c3ccon3)n(Cc3ccccc3F)n2)nc1Cl.O=S(=O)(Cl)c1cnc(-c2cc(-c3ccon3)n(Cc3ccccc3F)n2)nc1N1CCCC1.O=S([O-])Cl.O=c1ccnc(-c2cc(-c3ccon3)n(Cc3ccccc3F)n2)[nH]1. The zero-order chi connectivity index (χ0) is 67.9. The fourth-order valence-corrected chi connectivity index (χ4v) is 12.0. The highest BCUT2D eigenvalue weighted by molar-refractivity contribution is 8.14. The maximum absolute atomic E-state index is 14.3. The number of aromatic amines is 1. The summed E-state index contributed by atoms with van der Waals surface area (Å²) < 4.78 is 126. The molecule has 0 radical (unpaired) electrons. The van der Waals surface area contributed by atoms with Gasteiger partial charge >= 0.3 is 0 Å². The van der Waals surface area contributed by atoms with Crippen molar-refractivity contribution in [3.05, 3.63) is 202 Å². The zero-order valence-corrected chi connectivity index (χ0v) is 55.1. The van der Waals surface area contributed by atoms with Crippen LogP contribution >= 0.6 is 43.6 Å². The minimum Gasteiger partial charge on any atom is -0.760 e. The van der Waals surface area contributed by atoms with E-state index >= 15 is 0 Å². The third-order valence-electron chi connectivity index (χ3n) is 14.3. The second kappa shape index (κ2) is 32.0. The van der Waals surface area contributed by atoms with Crippen LogP contribution in [-0.4, -0.2) is 113 Å². The molecule has 14 rings (SSSR count). The van der Waals surface area contributed by atoms with Crippen LogP contribution in [0.1, 0.15) is 61.6 Å². The van der Waals surface area contributed by atoms with Gasteiger partial charge in [0, 0.05) is 91.9 Å². The summed E-state index contributed by atoms with van der Waals surface area (Å²) in [5, 5.41) is 24.9. The fourth-order valence-electron chi connectivity index (χ4n) is 9.80. The first-order valence-electron chi connectivity index (χ1n) is 28.7. The predicted octanol–water partition coefficient (Wildman–Crippen LogP) is 11.9. The summed E-state index contributed by atoms with van der Waals surface area (Å²) in [6.07, 6.45) is 17.2. The van der Waals surface area contributed by atoms with Crippen LogP contribution in [-0.2, 0) is 48.0 Å². The smallest absolute Gasteiger partial charge is 0.266 e. The van der Waals surface area contributed by atoms with E-state index < -0.39 is 33.3 Å². The first-order chi connectivity index (χ1) is 46.2. The van der Waals surface area contributed by atoms with Crippen molar-refractivity contribution in [3.63, 3.8) is 0 Å². The fraction of sp³-hybridized carbons (Fsp3) is 0.200. The standard InChI is InChI=1S/C21H18ClFN6O3S.C17H10Cl2FN5O3S.C17H12FN5O2.C5H10.ClHO2S/c22-33(30,31)19-12-24-20(25-21(19)28-8-3-4-9-28)17-11-18(16-7-10-32-27-16)29(26-17)13-14-5-1-2-6-15(14)23;18-16-15(29(19,26)27)8-21-17(22-16)13-7-14(12-5-6-28-24-12)25(23-13)9-10-3-1-2-4-11(10)20;18-12-4-2-1-3-11(12)10-23-15(13-6-8-25-22-13)9-14(21-23)17-19-7-5-16(24)20-17;1-2-4-5-3-1;1-4(2)3/h1-2,5-7,10-12H,3-4,8-9,13H2;1-8H,9H2;1-9H,10H2,(H,19,20,24);1-5H2;(H,2,3)/p-1. The summed E-state index contributed by atoms with van der Waals surface area (Å²) in [5.41, 5.74) is 5.40. The summed E-state index contributed by atoms with van der Waals surface area (Å²) in [6.45, 7) is 1.79. The molecule has 9 aromatic heterocycles. The Morgan fingerprint density at radius 3 is 1.29 bits per heavy atom. The van der Waals surface area contributed by atoms with Crippen LogP contribution in [0.4, 0.5) is 19.0 Å². The summed E-state index contributed by atoms with van der Waals surface area (Å²) >= 11 is 5.93. The van der Waals surface area contributed by atoms with Crippen molar-refractivity contribution >= 4 is 77.9 Å². The maximum Gasteiger partial charge on any atom is 0.266 e. The van der Waals surface area contributed by atoms with Gasteiger partial charge in [-0.25, -0.2) is 54.9 Å². The molecule has 2 aliphatic rings. The third kappa shape index (κ3) is 18.2. The lowest BCUT2D eigenvalue weighted by Crippen LogP contribution is -2.22. The third-order valence-corrected chi connectivity index (χ3v) is 17.3. The molecule has 498 valence electrons. The molecule has 0 spiro atoms. The number of hydrogen-bond acceptors (Lipinski definition) is 22. The number of nitrogens with zero attached hydrogens (tertiary/aromatic N) is 15. The monoisotopic (exact) mass is 1450 g/mol. The van der Waals surface area contributed by atoms with Gasteiger partial charge in [-0.15, -0.1) is 0 Å². The van der Waals surface area contributed by atoms with E-state index in [9.17, 15) is 34.8 Å². The molecule has 2 fully saturated rings. The molecular weight excluding hydrogens is 1400 g/mol. The number of rotatable bonds is 15. The Labute approximate surface area is 564 Å². The first-order valence-corrected chi connectivity index (χ1v) is 35.6. The zero-order valence-electron chi connectivity index (χ0n) is 49.6. The Morgan fingerprint density at radius 2 is 0.917 bits per heavy atom. The number of nitrogens with one attached hydrogen (secondary N) is 1. The minimum absolute atomic E-state index is 0.0658. The Bertz CT molecular complexity index is 4910. The van der Waals surface area contributed by atoms with Crippen molar-refractivity contribution in [2.75, 3.05) is 18.0 Å². The summed E-state index contributed by atoms with van der Waals surface area (Å²) in [7, 11) is 4.61. The average Bonchev–Trinajstić information content (AvgIpc) is 1.67. The van der Waals surface area contributed by atoms with Crippen molar-refractivity contribution in [1.82, 2.24) is 74.7 Å². The van der Waals surface area contributed by atoms with Gasteiger partial charge in [0.1, 0.15) is 80.2 Å². The molecule has 1 N–H and O–H groups in total. The van der Waals surface area contributed by atoms with E-state index in [-0.39, 0.29) is 75.9 Å². The van der Waals surface area contributed by atoms with Gasteiger partial charge in [-0.3, -0.25) is 23.0 Å². The molecule has 10 heterocycles. The Kier molecular flexibility index (Phi) is 23.2. The van der Waals surface area contributed by atoms with Gasteiger partial charge in [-0.2, -0.15) is 15.3 Å². The van der Waals surface area contributed by atoms with Crippen LogP contribution in [0.25, 0.3) is 68.7 Å². The van der Waals surface area contributed by atoms with E-state index in [0.717, 1.165) is 19.0 Å². The van der Waals surface area contributed by atoms with Crippen LogP contribution in [0.5, 0.6) is 0 Å². The number of halogens is 7. The van der Waals surface area contributed by atoms with E-state index in [1.165, 1.54) is 92.2 Å². The van der Waals surface area contributed by atoms with Gasteiger partial charge in [0.15, 0.2) is 28.4 Å². The molecule has 1 atom stereocenters. The summed E-state index contributed by atoms with van der Waals surface area (Å²) in [5.74, 6) is -0.203. The minimum atomic E-state index is -4.09. The largest absolute Gasteiger partial charge is 0.760 e. The molecule has 0 amide bonds. The quantitative estimate of drug-likeness (QED) is 0.0566. The van der Waals surface area contributed by atoms with Crippen LogP contribution in [0.2, 0.25) is 5.15 Å². The van der Waals surface area contributed by atoms with Crippen molar-refractivity contribution in [2.24, 2.45) is 0 Å². The second-order valence-corrected chi connectivity index (χ2v) is 27.3. The molecule has 1 saturated carbocycles. The van der Waals surface area contributed by atoms with Gasteiger partial charge in [-0.05, 0) is 59.9 Å². The molecule has 1 aliphatic carbocycles. The molecule has 3 aromatic carbocycles. The van der Waals surface area contributed by atoms with Crippen LogP contribution in [0.3, 0.4) is 0 Å². The summed E-state index contributed by atoms with van der Waals surface area (Å²) in [6, 6.07) is 30.5. The molecule has 36 heteroatoms. The lowest BCUT2D eigenvalue weighted by Gasteiger charge is -2.18. The van der Waals surface area contributed by atoms with Crippen molar-refractivity contribution in [1.29, 1.82) is 0 Å². The highest BCUT2D eigenvalue weighted by Crippen LogP contribution is 2.33. The van der Waals surface area contributed by atoms with E-state index in [2.05, 4.69) is 71.4 Å². The molecule has 12 aromatic rings. The second-order valence-electron chi connectivity index (χ2n) is 20.7. The summed E-state index contributed by atoms with van der Waals surface area (Å²) in [4.78, 5) is 36.2. The number of benzene rings is 3. The predicted molar refractivity (Wildman–Crippen MR) is 346 cm³/mol. The lowest BCUT2D eigenvalue weighted by atomic mass is 10.2. The van der Waals surface area contributed by atoms with Crippen LogP contribution in [0.15, 0.2) is 181 Å². The lowest BCUT2D eigenvalue weighted by molar-refractivity contribution is 0.421. The molecular formula is C60H50Cl4F3N16O10S3-. The number of hydrogen-bond donors (Lipinski definition) is 1. The normalized spacial score (nSPS) is 13.1.